The van der Waals surface area contributed by atoms with Gasteiger partial charge in [0, 0.05) is 12.2 Å². The highest BCUT2D eigenvalue weighted by molar-refractivity contribution is 7.89. The van der Waals surface area contributed by atoms with E-state index in [1.807, 2.05) is 6.92 Å². The molecule has 0 bridgehead atoms. The number of carbonyl (C=O) groups is 1. The van der Waals surface area contributed by atoms with Gasteiger partial charge < -0.3 is 5.32 Å². The third kappa shape index (κ3) is 4.14. The molecule has 1 amide bonds. The number of nitrogens with one attached hydrogen (secondary N) is 2. The number of benzene rings is 1. The number of carbonyl (C=O) groups excluding carboxylic acids is 1. The van der Waals surface area contributed by atoms with Crippen molar-refractivity contribution >= 4 is 15.9 Å². The predicted molar refractivity (Wildman–Crippen MR) is 77.2 cm³/mol. The highest BCUT2D eigenvalue weighted by Gasteiger charge is 2.09. The molecule has 0 aliphatic rings. The van der Waals surface area contributed by atoms with Crippen LogP contribution in [-0.4, -0.2) is 31.1 Å². The van der Waals surface area contributed by atoms with E-state index in [9.17, 15) is 13.2 Å². The van der Waals surface area contributed by atoms with Gasteiger partial charge in [-0.05, 0) is 37.1 Å². The van der Waals surface area contributed by atoms with Crippen LogP contribution >= 0.6 is 0 Å². The summed E-state index contributed by atoms with van der Waals surface area (Å²) in [6, 6.07) is 7.90. The molecule has 0 aliphatic carbocycles. The van der Waals surface area contributed by atoms with Gasteiger partial charge in [0.1, 0.15) is 5.69 Å². The zero-order chi connectivity index (χ0) is 15.5. The van der Waals surface area contributed by atoms with Crippen LogP contribution in [0.1, 0.15) is 21.7 Å². The molecule has 0 spiro atoms. The SMILES string of the molecule is Cc1cc(C(=O)NCCc2ccc(S(N)(=O)=O)cc2)n[nH]1. The second-order valence-corrected chi connectivity index (χ2v) is 6.19. The van der Waals surface area contributed by atoms with Crippen molar-refractivity contribution in [1.82, 2.24) is 15.5 Å². The number of aromatic nitrogens is 2. The Morgan fingerprint density at radius 2 is 2.00 bits per heavy atom. The topological polar surface area (TPSA) is 118 Å². The lowest BCUT2D eigenvalue weighted by Crippen LogP contribution is -2.26. The van der Waals surface area contributed by atoms with Gasteiger partial charge in [-0.3, -0.25) is 9.89 Å². The van der Waals surface area contributed by atoms with Gasteiger partial charge in [-0.2, -0.15) is 5.10 Å². The van der Waals surface area contributed by atoms with E-state index < -0.39 is 10.0 Å². The van der Waals surface area contributed by atoms with Crippen LogP contribution in [0, 0.1) is 6.92 Å². The molecule has 112 valence electrons. The zero-order valence-corrected chi connectivity index (χ0v) is 12.3. The average molecular weight is 308 g/mol. The lowest BCUT2D eigenvalue weighted by molar-refractivity contribution is 0.0949. The Morgan fingerprint density at radius 3 is 2.52 bits per heavy atom. The molecule has 4 N–H and O–H groups in total. The second-order valence-electron chi connectivity index (χ2n) is 4.63. The van der Waals surface area contributed by atoms with Gasteiger partial charge in [0.15, 0.2) is 0 Å². The average Bonchev–Trinajstić information content (AvgIpc) is 2.85. The smallest absolute Gasteiger partial charge is 0.271 e. The largest absolute Gasteiger partial charge is 0.350 e. The van der Waals surface area contributed by atoms with Crippen molar-refractivity contribution < 1.29 is 13.2 Å². The molecule has 0 aliphatic heterocycles. The molecule has 0 atom stereocenters. The Bertz CT molecular complexity index is 735. The molecule has 1 aromatic heterocycles. The summed E-state index contributed by atoms with van der Waals surface area (Å²) in [6.45, 7) is 2.25. The maximum atomic E-state index is 11.7. The van der Waals surface area contributed by atoms with Gasteiger partial charge in [-0.15, -0.1) is 0 Å². The molecule has 0 radical (unpaired) electrons. The number of primary sulfonamides is 1. The molecular formula is C13H16N4O3S. The van der Waals surface area contributed by atoms with Crippen molar-refractivity contribution in [1.29, 1.82) is 0 Å². The number of H-pyrrole nitrogens is 1. The number of rotatable bonds is 5. The summed E-state index contributed by atoms with van der Waals surface area (Å²) < 4.78 is 22.2. The normalized spacial score (nSPS) is 11.3. The van der Waals surface area contributed by atoms with E-state index in [1.165, 1.54) is 12.1 Å². The number of aromatic amines is 1. The number of sulfonamides is 1. The monoisotopic (exact) mass is 308 g/mol. The number of hydrogen-bond acceptors (Lipinski definition) is 4. The van der Waals surface area contributed by atoms with E-state index in [0.717, 1.165) is 11.3 Å². The van der Waals surface area contributed by atoms with E-state index in [1.54, 1.807) is 18.2 Å². The highest BCUT2D eigenvalue weighted by atomic mass is 32.2. The minimum Gasteiger partial charge on any atom is -0.350 e. The van der Waals surface area contributed by atoms with Crippen molar-refractivity contribution in [3.8, 4) is 0 Å². The summed E-state index contributed by atoms with van der Waals surface area (Å²) in [7, 11) is -3.67. The molecule has 1 aromatic carbocycles. The summed E-state index contributed by atoms with van der Waals surface area (Å²) in [5.41, 5.74) is 2.07. The Balaban J connectivity index is 1.88. The first-order valence-corrected chi connectivity index (χ1v) is 7.83. The van der Waals surface area contributed by atoms with Crippen LogP contribution < -0.4 is 10.5 Å². The van der Waals surface area contributed by atoms with Gasteiger partial charge in [0.25, 0.3) is 5.91 Å². The van der Waals surface area contributed by atoms with Gasteiger partial charge in [-0.25, -0.2) is 13.6 Å². The first-order valence-electron chi connectivity index (χ1n) is 6.28. The van der Waals surface area contributed by atoms with Crippen LogP contribution in [0.5, 0.6) is 0 Å². The van der Waals surface area contributed by atoms with Crippen molar-refractivity contribution in [3.05, 3.63) is 47.3 Å². The van der Waals surface area contributed by atoms with E-state index in [2.05, 4.69) is 15.5 Å². The molecule has 0 saturated carbocycles. The number of hydrogen-bond donors (Lipinski definition) is 3. The summed E-state index contributed by atoms with van der Waals surface area (Å²) in [4.78, 5) is 11.8. The van der Waals surface area contributed by atoms with E-state index in [-0.39, 0.29) is 10.8 Å². The van der Waals surface area contributed by atoms with Crippen LogP contribution in [0.3, 0.4) is 0 Å². The predicted octanol–water partition coefficient (Wildman–Crippen LogP) is 0.338. The van der Waals surface area contributed by atoms with Crippen LogP contribution in [0.25, 0.3) is 0 Å². The van der Waals surface area contributed by atoms with Gasteiger partial charge in [-0.1, -0.05) is 12.1 Å². The molecule has 1 heterocycles. The zero-order valence-electron chi connectivity index (χ0n) is 11.5. The van der Waals surface area contributed by atoms with Crippen molar-refractivity contribution in [3.63, 3.8) is 0 Å². The maximum Gasteiger partial charge on any atom is 0.271 e. The molecule has 7 nitrogen and oxygen atoms in total. The number of aryl methyl sites for hydroxylation is 1. The summed E-state index contributed by atoms with van der Waals surface area (Å²) in [5, 5.41) is 14.3. The number of amides is 1. The van der Waals surface area contributed by atoms with Crippen LogP contribution in [0.15, 0.2) is 35.2 Å². The third-order valence-electron chi connectivity index (χ3n) is 2.89. The Labute approximate surface area is 122 Å². The third-order valence-corrected chi connectivity index (χ3v) is 3.82. The van der Waals surface area contributed by atoms with E-state index in [0.29, 0.717) is 18.7 Å². The Hall–Kier alpha value is -2.19. The molecular weight excluding hydrogens is 292 g/mol. The number of nitrogens with zero attached hydrogens (tertiary/aromatic N) is 1. The first kappa shape index (κ1) is 15.2. The quantitative estimate of drug-likeness (QED) is 0.738. The van der Waals surface area contributed by atoms with Crippen LogP contribution in [0.2, 0.25) is 0 Å². The molecule has 2 aromatic rings. The van der Waals surface area contributed by atoms with E-state index >= 15 is 0 Å². The first-order chi connectivity index (χ1) is 9.86. The van der Waals surface area contributed by atoms with Crippen molar-refractivity contribution in [2.24, 2.45) is 5.14 Å². The molecule has 8 heteroatoms. The fourth-order valence-electron chi connectivity index (χ4n) is 1.79. The summed E-state index contributed by atoms with van der Waals surface area (Å²) >= 11 is 0. The lowest BCUT2D eigenvalue weighted by Gasteiger charge is -2.04. The number of nitrogens with two attached hydrogens (primary N) is 1. The molecule has 0 fully saturated rings. The lowest BCUT2D eigenvalue weighted by atomic mass is 10.1. The fourth-order valence-corrected chi connectivity index (χ4v) is 2.31. The summed E-state index contributed by atoms with van der Waals surface area (Å²) in [6.07, 6.45) is 0.583. The Morgan fingerprint density at radius 1 is 1.33 bits per heavy atom. The van der Waals surface area contributed by atoms with Crippen LogP contribution in [0.4, 0.5) is 0 Å². The van der Waals surface area contributed by atoms with Gasteiger partial charge in [0.2, 0.25) is 10.0 Å². The van der Waals surface area contributed by atoms with E-state index in [4.69, 9.17) is 5.14 Å². The Kier molecular flexibility index (Phi) is 4.39. The summed E-state index contributed by atoms with van der Waals surface area (Å²) in [5.74, 6) is -0.250. The van der Waals surface area contributed by atoms with Crippen molar-refractivity contribution in [2.75, 3.05) is 6.54 Å². The molecule has 21 heavy (non-hydrogen) atoms. The minimum absolute atomic E-state index is 0.0716. The van der Waals surface area contributed by atoms with Crippen molar-refractivity contribution in [2.45, 2.75) is 18.2 Å². The minimum atomic E-state index is -3.67. The van der Waals surface area contributed by atoms with Crippen LogP contribution in [-0.2, 0) is 16.4 Å². The fraction of sp³-hybridized carbons (Fsp3) is 0.231. The van der Waals surface area contributed by atoms with Gasteiger partial charge in [0.05, 0.1) is 4.90 Å². The molecule has 2 rings (SSSR count). The standard InChI is InChI=1S/C13H16N4O3S/c1-9-8-12(17-16-9)13(18)15-7-6-10-2-4-11(5-3-10)21(14,19)20/h2-5,8H,6-7H2,1H3,(H,15,18)(H,16,17)(H2,14,19,20). The highest BCUT2D eigenvalue weighted by Crippen LogP contribution is 2.09. The van der Waals surface area contributed by atoms with Gasteiger partial charge >= 0.3 is 0 Å². The maximum absolute atomic E-state index is 11.7. The molecule has 0 unspecified atom stereocenters. The second kappa shape index (κ2) is 6.06. The molecule has 0 saturated heterocycles.